The number of halogens is 1. The number of benzene rings is 1. The van der Waals surface area contributed by atoms with Crippen LogP contribution in [0.3, 0.4) is 0 Å². The zero-order valence-electron chi connectivity index (χ0n) is 10.0. The number of hydrogen-bond acceptors (Lipinski definition) is 3. The number of ether oxygens (including phenoxy) is 1. The standard InChI is InChI=1S/C13H18FNO2/c1-17-13-5-4-10(7-12(13)14)8-15-6-2-3-11(15)9-16/h4-5,7,11,16H,2-3,6,8-9H2,1H3/t11-/m0/s1. The second kappa shape index (κ2) is 5.47. The minimum Gasteiger partial charge on any atom is -0.494 e. The van der Waals surface area contributed by atoms with Crippen molar-refractivity contribution in [2.24, 2.45) is 0 Å². The maximum absolute atomic E-state index is 13.5. The predicted molar refractivity (Wildman–Crippen MR) is 63.5 cm³/mol. The van der Waals surface area contributed by atoms with Crippen LogP contribution in [-0.2, 0) is 6.54 Å². The number of methoxy groups -OCH3 is 1. The van der Waals surface area contributed by atoms with Crippen LogP contribution in [0.2, 0.25) is 0 Å². The fraction of sp³-hybridized carbons (Fsp3) is 0.538. The largest absolute Gasteiger partial charge is 0.494 e. The summed E-state index contributed by atoms with van der Waals surface area (Å²) in [4.78, 5) is 2.20. The van der Waals surface area contributed by atoms with Gasteiger partial charge in [0.15, 0.2) is 11.6 Å². The van der Waals surface area contributed by atoms with E-state index in [1.807, 2.05) is 6.07 Å². The number of rotatable bonds is 4. The molecule has 1 aromatic carbocycles. The summed E-state index contributed by atoms with van der Waals surface area (Å²) >= 11 is 0. The van der Waals surface area contributed by atoms with E-state index in [1.165, 1.54) is 13.2 Å². The van der Waals surface area contributed by atoms with Crippen LogP contribution in [-0.4, -0.2) is 36.3 Å². The highest BCUT2D eigenvalue weighted by molar-refractivity contribution is 5.29. The van der Waals surface area contributed by atoms with Crippen molar-refractivity contribution in [1.82, 2.24) is 4.90 Å². The molecule has 0 unspecified atom stereocenters. The Bertz CT molecular complexity index is 384. The fourth-order valence-corrected chi connectivity index (χ4v) is 2.35. The summed E-state index contributed by atoms with van der Waals surface area (Å²) in [5.41, 5.74) is 0.920. The average molecular weight is 239 g/mol. The Morgan fingerprint density at radius 1 is 1.53 bits per heavy atom. The lowest BCUT2D eigenvalue weighted by Gasteiger charge is -2.22. The van der Waals surface area contributed by atoms with Crippen molar-refractivity contribution in [3.05, 3.63) is 29.6 Å². The van der Waals surface area contributed by atoms with Gasteiger partial charge in [-0.15, -0.1) is 0 Å². The van der Waals surface area contributed by atoms with Gasteiger partial charge in [-0.1, -0.05) is 6.07 Å². The van der Waals surface area contributed by atoms with Gasteiger partial charge in [-0.3, -0.25) is 4.90 Å². The summed E-state index contributed by atoms with van der Waals surface area (Å²) < 4.78 is 18.4. The van der Waals surface area contributed by atoms with E-state index in [1.54, 1.807) is 6.07 Å². The molecular weight excluding hydrogens is 221 g/mol. The molecule has 1 saturated heterocycles. The molecule has 4 heteroatoms. The highest BCUT2D eigenvalue weighted by Crippen LogP contribution is 2.22. The molecule has 0 aromatic heterocycles. The molecule has 0 amide bonds. The van der Waals surface area contributed by atoms with Crippen molar-refractivity contribution in [2.75, 3.05) is 20.3 Å². The van der Waals surface area contributed by atoms with Crippen molar-refractivity contribution < 1.29 is 14.2 Å². The molecule has 94 valence electrons. The van der Waals surface area contributed by atoms with Crippen molar-refractivity contribution in [1.29, 1.82) is 0 Å². The summed E-state index contributed by atoms with van der Waals surface area (Å²) in [5.74, 6) is -0.0568. The van der Waals surface area contributed by atoms with E-state index < -0.39 is 0 Å². The van der Waals surface area contributed by atoms with Gasteiger partial charge in [-0.05, 0) is 37.1 Å². The van der Waals surface area contributed by atoms with Crippen LogP contribution in [0.1, 0.15) is 18.4 Å². The normalized spacial score (nSPS) is 20.8. The Kier molecular flexibility index (Phi) is 3.97. The average Bonchev–Trinajstić information content (AvgIpc) is 2.76. The Morgan fingerprint density at radius 2 is 2.35 bits per heavy atom. The Hall–Kier alpha value is -1.13. The zero-order valence-corrected chi connectivity index (χ0v) is 10.0. The summed E-state index contributed by atoms with van der Waals surface area (Å²) in [6, 6.07) is 5.25. The minimum atomic E-state index is -0.329. The molecule has 0 saturated carbocycles. The quantitative estimate of drug-likeness (QED) is 0.869. The number of aliphatic hydroxyl groups excluding tert-OH is 1. The van der Waals surface area contributed by atoms with Crippen molar-refractivity contribution in [3.8, 4) is 5.75 Å². The van der Waals surface area contributed by atoms with Crippen LogP contribution in [0.15, 0.2) is 18.2 Å². The predicted octanol–water partition coefficient (Wildman–Crippen LogP) is 1.79. The molecule has 3 nitrogen and oxygen atoms in total. The Morgan fingerprint density at radius 3 is 3.00 bits per heavy atom. The van der Waals surface area contributed by atoms with Gasteiger partial charge in [0.2, 0.25) is 0 Å². The first kappa shape index (κ1) is 12.3. The first-order valence-corrected chi connectivity index (χ1v) is 5.92. The van der Waals surface area contributed by atoms with Gasteiger partial charge in [0.05, 0.1) is 13.7 Å². The van der Waals surface area contributed by atoms with Crippen molar-refractivity contribution in [2.45, 2.75) is 25.4 Å². The van der Waals surface area contributed by atoms with E-state index in [9.17, 15) is 9.50 Å². The van der Waals surface area contributed by atoms with Crippen LogP contribution >= 0.6 is 0 Å². The third-order valence-corrected chi connectivity index (χ3v) is 3.31. The molecular formula is C13H18FNO2. The summed E-state index contributed by atoms with van der Waals surface area (Å²) in [6.07, 6.45) is 2.12. The van der Waals surface area contributed by atoms with Gasteiger partial charge in [-0.2, -0.15) is 0 Å². The van der Waals surface area contributed by atoms with E-state index in [-0.39, 0.29) is 24.2 Å². The van der Waals surface area contributed by atoms with Crippen molar-refractivity contribution >= 4 is 0 Å². The molecule has 1 N–H and O–H groups in total. The summed E-state index contributed by atoms with van der Waals surface area (Å²) in [7, 11) is 1.46. The van der Waals surface area contributed by atoms with Gasteiger partial charge in [-0.25, -0.2) is 4.39 Å². The van der Waals surface area contributed by atoms with E-state index in [2.05, 4.69) is 4.90 Å². The molecule has 1 heterocycles. The first-order chi connectivity index (χ1) is 8.24. The SMILES string of the molecule is COc1ccc(CN2CCC[C@H]2CO)cc1F. The topological polar surface area (TPSA) is 32.7 Å². The molecule has 2 rings (SSSR count). The minimum absolute atomic E-state index is 0.179. The van der Waals surface area contributed by atoms with Gasteiger partial charge < -0.3 is 9.84 Å². The second-order valence-corrected chi connectivity index (χ2v) is 4.42. The van der Waals surface area contributed by atoms with Crippen LogP contribution in [0.25, 0.3) is 0 Å². The van der Waals surface area contributed by atoms with E-state index in [0.29, 0.717) is 6.54 Å². The molecule has 1 atom stereocenters. The lowest BCUT2D eigenvalue weighted by Crippen LogP contribution is -2.31. The first-order valence-electron chi connectivity index (χ1n) is 5.92. The molecule has 1 aromatic rings. The maximum Gasteiger partial charge on any atom is 0.165 e. The van der Waals surface area contributed by atoms with Gasteiger partial charge in [0.25, 0.3) is 0 Å². The van der Waals surface area contributed by atoms with E-state index >= 15 is 0 Å². The monoisotopic (exact) mass is 239 g/mol. The highest BCUT2D eigenvalue weighted by Gasteiger charge is 2.23. The Labute approximate surface area is 101 Å². The molecule has 0 bridgehead atoms. The zero-order chi connectivity index (χ0) is 12.3. The lowest BCUT2D eigenvalue weighted by atomic mass is 10.1. The van der Waals surface area contributed by atoms with E-state index in [0.717, 1.165) is 24.9 Å². The lowest BCUT2D eigenvalue weighted by molar-refractivity contribution is 0.153. The smallest absolute Gasteiger partial charge is 0.165 e. The van der Waals surface area contributed by atoms with Crippen molar-refractivity contribution in [3.63, 3.8) is 0 Å². The highest BCUT2D eigenvalue weighted by atomic mass is 19.1. The maximum atomic E-state index is 13.5. The van der Waals surface area contributed by atoms with Crippen LogP contribution in [0, 0.1) is 5.82 Å². The molecule has 1 aliphatic rings. The van der Waals surface area contributed by atoms with Crippen LogP contribution in [0.4, 0.5) is 4.39 Å². The van der Waals surface area contributed by atoms with Crippen LogP contribution in [0.5, 0.6) is 5.75 Å². The molecule has 0 radical (unpaired) electrons. The summed E-state index contributed by atoms with van der Waals surface area (Å²) in [5, 5.41) is 9.22. The molecule has 0 aliphatic carbocycles. The molecule has 1 aliphatic heterocycles. The molecule has 17 heavy (non-hydrogen) atoms. The summed E-state index contributed by atoms with van der Waals surface area (Å²) in [6.45, 7) is 1.84. The van der Waals surface area contributed by atoms with Gasteiger partial charge >= 0.3 is 0 Å². The van der Waals surface area contributed by atoms with Gasteiger partial charge in [0.1, 0.15) is 0 Å². The number of hydrogen-bond donors (Lipinski definition) is 1. The molecule has 0 spiro atoms. The third kappa shape index (κ3) is 2.76. The van der Waals surface area contributed by atoms with Crippen LogP contribution < -0.4 is 4.74 Å². The fourth-order valence-electron chi connectivity index (χ4n) is 2.35. The third-order valence-electron chi connectivity index (χ3n) is 3.31. The number of likely N-dealkylation sites (tertiary alicyclic amines) is 1. The number of nitrogens with zero attached hydrogens (tertiary/aromatic N) is 1. The van der Waals surface area contributed by atoms with E-state index in [4.69, 9.17) is 4.74 Å². The molecule has 1 fully saturated rings. The number of aliphatic hydroxyl groups is 1. The van der Waals surface area contributed by atoms with Gasteiger partial charge in [0, 0.05) is 12.6 Å². The second-order valence-electron chi connectivity index (χ2n) is 4.42. The Balaban J connectivity index is 2.05.